The summed E-state index contributed by atoms with van der Waals surface area (Å²) in [6, 6.07) is 0. The lowest BCUT2D eigenvalue weighted by atomic mass is 10.0. The molecule has 7 nitrogen and oxygen atoms in total. The van der Waals surface area contributed by atoms with Crippen LogP contribution in [0.2, 0.25) is 0 Å². The topological polar surface area (TPSA) is 83.7 Å². The molecule has 0 aliphatic carbocycles. The fourth-order valence-corrected chi connectivity index (χ4v) is 2.12. The van der Waals surface area contributed by atoms with Gasteiger partial charge in [-0.15, -0.1) is 24.0 Å². The standard InChI is InChI=1S/C16H31N5O2.HI/c1-5-17-15(18-9-7-6-8-10-23-4)19-13-16(2,22)14-11-20-21(3)12-14;/h11-12,22H,5-10,13H2,1-4H3,(H2,17,18,19);1H. The number of halogens is 1. The zero-order valence-electron chi connectivity index (χ0n) is 15.2. The van der Waals surface area contributed by atoms with Crippen LogP contribution in [0, 0.1) is 0 Å². The smallest absolute Gasteiger partial charge is 0.191 e. The third-order valence-corrected chi connectivity index (χ3v) is 3.53. The summed E-state index contributed by atoms with van der Waals surface area (Å²) in [6.07, 6.45) is 6.74. The van der Waals surface area contributed by atoms with Gasteiger partial charge in [0.05, 0.1) is 12.7 Å². The number of hydrogen-bond donors (Lipinski definition) is 3. The summed E-state index contributed by atoms with van der Waals surface area (Å²) in [5.41, 5.74) is -0.270. The van der Waals surface area contributed by atoms with Crippen LogP contribution >= 0.6 is 24.0 Å². The van der Waals surface area contributed by atoms with Crippen molar-refractivity contribution in [3.05, 3.63) is 18.0 Å². The average molecular weight is 453 g/mol. The molecule has 1 rings (SSSR count). The fourth-order valence-electron chi connectivity index (χ4n) is 2.12. The first-order chi connectivity index (χ1) is 11.0. The van der Waals surface area contributed by atoms with E-state index in [-0.39, 0.29) is 30.5 Å². The third kappa shape index (κ3) is 8.84. The summed E-state index contributed by atoms with van der Waals surface area (Å²) >= 11 is 0. The molecule has 0 fully saturated rings. The van der Waals surface area contributed by atoms with Gasteiger partial charge in [-0.2, -0.15) is 5.10 Å². The van der Waals surface area contributed by atoms with Crippen molar-refractivity contribution in [2.45, 2.75) is 38.7 Å². The number of aryl methyl sites for hydroxylation is 1. The van der Waals surface area contributed by atoms with Crippen molar-refractivity contribution in [1.29, 1.82) is 0 Å². The number of rotatable bonds is 10. The van der Waals surface area contributed by atoms with Crippen molar-refractivity contribution >= 4 is 29.9 Å². The van der Waals surface area contributed by atoms with Gasteiger partial charge in [-0.05, 0) is 33.1 Å². The van der Waals surface area contributed by atoms with Crippen LogP contribution in [0.5, 0.6) is 0 Å². The van der Waals surface area contributed by atoms with E-state index in [1.807, 2.05) is 20.2 Å². The molecule has 24 heavy (non-hydrogen) atoms. The first-order valence-electron chi connectivity index (χ1n) is 8.22. The van der Waals surface area contributed by atoms with Crippen LogP contribution in [0.3, 0.4) is 0 Å². The van der Waals surface area contributed by atoms with E-state index < -0.39 is 5.60 Å². The predicted octanol–water partition coefficient (Wildman–Crippen LogP) is 1.62. The zero-order valence-corrected chi connectivity index (χ0v) is 17.5. The van der Waals surface area contributed by atoms with Crippen LogP contribution in [-0.4, -0.2) is 54.2 Å². The number of hydrogen-bond acceptors (Lipinski definition) is 4. The van der Waals surface area contributed by atoms with Crippen LogP contribution in [0.25, 0.3) is 0 Å². The van der Waals surface area contributed by atoms with Gasteiger partial charge < -0.3 is 20.5 Å². The molecule has 8 heteroatoms. The first kappa shape index (κ1) is 23.1. The molecule has 1 unspecified atom stereocenters. The zero-order chi connectivity index (χ0) is 17.1. The van der Waals surface area contributed by atoms with E-state index in [9.17, 15) is 5.11 Å². The van der Waals surface area contributed by atoms with Crippen LogP contribution < -0.4 is 10.6 Å². The van der Waals surface area contributed by atoms with Crippen molar-refractivity contribution < 1.29 is 9.84 Å². The van der Waals surface area contributed by atoms with Crippen molar-refractivity contribution in [2.75, 3.05) is 33.4 Å². The second kappa shape index (κ2) is 12.5. The number of aliphatic imine (C=N–C) groups is 1. The van der Waals surface area contributed by atoms with Crippen LogP contribution in [0.1, 0.15) is 38.7 Å². The van der Waals surface area contributed by atoms with Gasteiger partial charge in [-0.3, -0.25) is 4.68 Å². The molecule has 0 aliphatic rings. The van der Waals surface area contributed by atoms with Gasteiger partial charge in [-0.1, -0.05) is 0 Å². The fraction of sp³-hybridized carbons (Fsp3) is 0.750. The maximum absolute atomic E-state index is 10.6. The van der Waals surface area contributed by atoms with Gasteiger partial charge in [0.25, 0.3) is 0 Å². The maximum atomic E-state index is 10.6. The monoisotopic (exact) mass is 453 g/mol. The minimum absolute atomic E-state index is 0. The Balaban J connectivity index is 0.00000529. The van der Waals surface area contributed by atoms with E-state index in [0.717, 1.165) is 50.5 Å². The maximum Gasteiger partial charge on any atom is 0.191 e. The molecule has 0 aromatic carbocycles. The molecular formula is C16H32IN5O2. The van der Waals surface area contributed by atoms with Crippen LogP contribution in [0.4, 0.5) is 0 Å². The Morgan fingerprint density at radius 3 is 2.71 bits per heavy atom. The number of unbranched alkanes of at least 4 members (excludes halogenated alkanes) is 2. The number of guanidine groups is 1. The highest BCUT2D eigenvalue weighted by atomic mass is 127. The molecular weight excluding hydrogens is 421 g/mol. The lowest BCUT2D eigenvalue weighted by molar-refractivity contribution is 0.0672. The van der Waals surface area contributed by atoms with Crippen molar-refractivity contribution in [1.82, 2.24) is 20.4 Å². The van der Waals surface area contributed by atoms with Gasteiger partial charge >= 0.3 is 0 Å². The normalized spacial score (nSPS) is 14.0. The molecule has 0 saturated heterocycles. The largest absolute Gasteiger partial charge is 0.385 e. The van der Waals surface area contributed by atoms with Gasteiger partial charge in [-0.25, -0.2) is 4.99 Å². The summed E-state index contributed by atoms with van der Waals surface area (Å²) in [7, 11) is 3.56. The van der Waals surface area contributed by atoms with Crippen molar-refractivity contribution in [3.63, 3.8) is 0 Å². The molecule has 3 N–H and O–H groups in total. The Hall–Kier alpha value is -0.870. The Labute approximate surface area is 162 Å². The molecule has 1 aromatic heterocycles. The van der Waals surface area contributed by atoms with Gasteiger partial charge in [0.1, 0.15) is 5.60 Å². The lowest BCUT2D eigenvalue weighted by Crippen LogP contribution is -2.39. The summed E-state index contributed by atoms with van der Waals surface area (Å²) in [5, 5.41) is 21.1. The second-order valence-corrected chi connectivity index (χ2v) is 5.85. The number of aromatic nitrogens is 2. The van der Waals surface area contributed by atoms with E-state index in [1.165, 1.54) is 0 Å². The number of nitrogens with zero attached hydrogens (tertiary/aromatic N) is 3. The Bertz CT molecular complexity index is 477. The van der Waals surface area contributed by atoms with E-state index in [4.69, 9.17) is 4.74 Å². The molecule has 1 heterocycles. The first-order valence-corrected chi connectivity index (χ1v) is 8.22. The van der Waals surface area contributed by atoms with Crippen molar-refractivity contribution in [3.8, 4) is 0 Å². The SMILES string of the molecule is CCNC(=NCC(C)(O)c1cnn(C)c1)NCCCCCOC.I. The Kier molecular flexibility index (Phi) is 12.0. The summed E-state index contributed by atoms with van der Waals surface area (Å²) in [6.45, 7) is 6.49. The van der Waals surface area contributed by atoms with Crippen LogP contribution in [-0.2, 0) is 17.4 Å². The lowest BCUT2D eigenvalue weighted by Gasteiger charge is -2.20. The van der Waals surface area contributed by atoms with Gasteiger partial charge in [0.15, 0.2) is 5.96 Å². The second-order valence-electron chi connectivity index (χ2n) is 5.85. The molecule has 140 valence electrons. The summed E-state index contributed by atoms with van der Waals surface area (Å²) in [4.78, 5) is 4.49. The molecule has 0 aliphatic heterocycles. The molecule has 1 aromatic rings. The minimum atomic E-state index is -1.03. The minimum Gasteiger partial charge on any atom is -0.385 e. The third-order valence-electron chi connectivity index (χ3n) is 3.53. The summed E-state index contributed by atoms with van der Waals surface area (Å²) < 4.78 is 6.71. The highest BCUT2D eigenvalue weighted by Gasteiger charge is 2.24. The molecule has 0 bridgehead atoms. The predicted molar refractivity (Wildman–Crippen MR) is 108 cm³/mol. The number of methoxy groups -OCH3 is 1. The molecule has 0 saturated carbocycles. The Morgan fingerprint density at radius 2 is 2.12 bits per heavy atom. The van der Waals surface area contributed by atoms with Gasteiger partial charge in [0.2, 0.25) is 0 Å². The molecule has 1 atom stereocenters. The average Bonchev–Trinajstić information content (AvgIpc) is 2.95. The van der Waals surface area contributed by atoms with Crippen molar-refractivity contribution in [2.24, 2.45) is 12.0 Å². The molecule has 0 spiro atoms. The number of ether oxygens (including phenoxy) is 1. The highest BCUT2D eigenvalue weighted by Crippen LogP contribution is 2.19. The Morgan fingerprint density at radius 1 is 1.38 bits per heavy atom. The molecule has 0 amide bonds. The van der Waals surface area contributed by atoms with E-state index in [0.29, 0.717) is 0 Å². The van der Waals surface area contributed by atoms with E-state index in [1.54, 1.807) is 24.9 Å². The number of aliphatic hydroxyl groups is 1. The van der Waals surface area contributed by atoms with Crippen LogP contribution in [0.15, 0.2) is 17.4 Å². The van der Waals surface area contributed by atoms with Gasteiger partial charge in [0, 0.05) is 45.6 Å². The van der Waals surface area contributed by atoms with E-state index in [2.05, 4.69) is 20.7 Å². The molecule has 0 radical (unpaired) electrons. The summed E-state index contributed by atoms with van der Waals surface area (Å²) in [5.74, 6) is 0.725. The van der Waals surface area contributed by atoms with E-state index >= 15 is 0 Å². The quantitative estimate of drug-likeness (QED) is 0.217. The highest BCUT2D eigenvalue weighted by molar-refractivity contribution is 14.0. The number of nitrogens with one attached hydrogen (secondary N) is 2.